The van der Waals surface area contributed by atoms with Crippen LogP contribution in [0.15, 0.2) is 36.5 Å². The Morgan fingerprint density at radius 1 is 1.07 bits per heavy atom. The van der Waals surface area contributed by atoms with Gasteiger partial charge >= 0.3 is 6.18 Å². The van der Waals surface area contributed by atoms with Gasteiger partial charge in [0.1, 0.15) is 11.6 Å². The number of alkyl halides is 3. The van der Waals surface area contributed by atoms with Crippen molar-refractivity contribution in [3.63, 3.8) is 0 Å². The van der Waals surface area contributed by atoms with Crippen molar-refractivity contribution in [2.45, 2.75) is 108 Å². The first-order valence-electron chi connectivity index (χ1n) is 19.0. The first-order valence-corrected chi connectivity index (χ1v) is 19.4. The minimum atomic E-state index is -4.82. The van der Waals surface area contributed by atoms with Crippen LogP contribution in [0.3, 0.4) is 0 Å². The molecule has 1 aliphatic carbocycles. The normalized spacial score (nSPS) is 26.3. The number of nitrogens with one attached hydrogen (secondary N) is 2. The summed E-state index contributed by atoms with van der Waals surface area (Å²) in [6.45, 7) is 10.7. The number of nitrogens with zero attached hydrogens (tertiary/aromatic N) is 6. The van der Waals surface area contributed by atoms with Crippen LogP contribution in [0, 0.1) is 11.3 Å². The molecule has 0 bridgehead atoms. The molecular formula is C39H47F3N8O5S. The average molecular weight is 797 g/mol. The van der Waals surface area contributed by atoms with Gasteiger partial charge in [0.15, 0.2) is 10.8 Å². The molecule has 0 radical (unpaired) electrons. The third kappa shape index (κ3) is 8.73. The molecule has 3 saturated heterocycles. The standard InChI is InChI=1S/C39H47F3N8O5S/c1-23-20-47(21-24(2)48(23)22-34(52)45-26-7-5-25(6-8-26)30-13-14-33(51)46-35(30)53)15-16-55-29-11-9-27(10-12-29)50-37(56)49(36(54)38(50,3)4)28-17-31(39(40,41)42)32(18-43)44-19-28/h5-8,17,19,23-24,27,29-30H,9-16,20-22H2,1-4H3,(H,45,52)(H,46,51,53)/t23-,24+,27-,29-,30?. The van der Waals surface area contributed by atoms with Gasteiger partial charge in [-0.3, -0.25) is 39.2 Å². The Labute approximate surface area is 329 Å². The Kier molecular flexibility index (Phi) is 12.1. The number of piperidine rings is 1. The number of anilines is 2. The highest BCUT2D eigenvalue weighted by Crippen LogP contribution is 2.40. The predicted octanol–water partition coefficient (Wildman–Crippen LogP) is 4.57. The van der Waals surface area contributed by atoms with Gasteiger partial charge in [-0.2, -0.15) is 18.4 Å². The number of thiocarbonyl (C=S) groups is 1. The third-order valence-electron chi connectivity index (χ3n) is 11.4. The van der Waals surface area contributed by atoms with Gasteiger partial charge in [0, 0.05) is 49.9 Å². The lowest BCUT2D eigenvalue weighted by Gasteiger charge is -2.44. The number of benzene rings is 1. The Bertz CT molecular complexity index is 1880. The molecule has 56 heavy (non-hydrogen) atoms. The van der Waals surface area contributed by atoms with E-state index in [1.807, 2.05) is 17.0 Å². The number of nitriles is 1. The molecule has 6 rings (SSSR count). The van der Waals surface area contributed by atoms with Gasteiger partial charge in [-0.15, -0.1) is 0 Å². The van der Waals surface area contributed by atoms with Crippen LogP contribution in [0.2, 0.25) is 0 Å². The van der Waals surface area contributed by atoms with Crippen molar-refractivity contribution in [1.82, 2.24) is 25.0 Å². The highest BCUT2D eigenvalue weighted by Gasteiger charge is 2.53. The summed E-state index contributed by atoms with van der Waals surface area (Å²) >= 11 is 5.71. The number of carbonyl (C=O) groups excluding carboxylic acids is 4. The molecule has 4 heterocycles. The molecule has 17 heteroatoms. The van der Waals surface area contributed by atoms with E-state index in [1.54, 1.807) is 26.0 Å². The number of pyridine rings is 1. The number of hydrogen-bond donors (Lipinski definition) is 2. The maximum atomic E-state index is 13.7. The second-order valence-electron chi connectivity index (χ2n) is 15.7. The number of amides is 4. The maximum absolute atomic E-state index is 13.7. The van der Waals surface area contributed by atoms with E-state index >= 15 is 0 Å². The molecular weight excluding hydrogens is 750 g/mol. The van der Waals surface area contributed by atoms with Crippen molar-refractivity contribution in [2.75, 3.05) is 43.0 Å². The molecule has 1 unspecified atom stereocenters. The summed E-state index contributed by atoms with van der Waals surface area (Å²) in [6.07, 6.45) is -0.106. The van der Waals surface area contributed by atoms with E-state index in [-0.39, 0.29) is 65.2 Å². The van der Waals surface area contributed by atoms with Gasteiger partial charge in [-0.1, -0.05) is 12.1 Å². The molecule has 2 aromatic rings. The monoisotopic (exact) mass is 796 g/mol. The fourth-order valence-electron chi connectivity index (χ4n) is 8.49. The molecule has 300 valence electrons. The number of aromatic nitrogens is 1. The van der Waals surface area contributed by atoms with Crippen molar-refractivity contribution in [1.29, 1.82) is 5.26 Å². The molecule has 4 fully saturated rings. The van der Waals surface area contributed by atoms with Crippen molar-refractivity contribution < 1.29 is 37.1 Å². The third-order valence-corrected chi connectivity index (χ3v) is 11.8. The van der Waals surface area contributed by atoms with Crippen LogP contribution in [-0.2, 0) is 30.1 Å². The fourth-order valence-corrected chi connectivity index (χ4v) is 9.05. The summed E-state index contributed by atoms with van der Waals surface area (Å²) in [6, 6.07) is 9.55. The molecule has 3 atom stereocenters. The molecule has 4 amide bonds. The second-order valence-corrected chi connectivity index (χ2v) is 16.0. The Morgan fingerprint density at radius 2 is 1.73 bits per heavy atom. The Balaban J connectivity index is 0.942. The number of carbonyl (C=O) groups is 4. The van der Waals surface area contributed by atoms with Gasteiger partial charge < -0.3 is 15.0 Å². The molecule has 1 aromatic carbocycles. The van der Waals surface area contributed by atoms with E-state index in [4.69, 9.17) is 22.2 Å². The summed E-state index contributed by atoms with van der Waals surface area (Å²) in [5.74, 6) is -1.51. The summed E-state index contributed by atoms with van der Waals surface area (Å²) < 4.78 is 47.4. The van der Waals surface area contributed by atoms with Crippen molar-refractivity contribution in [3.8, 4) is 6.07 Å². The van der Waals surface area contributed by atoms with Crippen LogP contribution in [-0.4, -0.2) is 111 Å². The molecule has 1 saturated carbocycles. The van der Waals surface area contributed by atoms with Crippen LogP contribution >= 0.6 is 12.2 Å². The summed E-state index contributed by atoms with van der Waals surface area (Å²) in [5.41, 5.74) is -1.76. The van der Waals surface area contributed by atoms with E-state index in [2.05, 4.69) is 39.3 Å². The fraction of sp³-hybridized carbons (Fsp3) is 0.564. The van der Waals surface area contributed by atoms with Crippen LogP contribution in [0.1, 0.15) is 89.0 Å². The quantitative estimate of drug-likeness (QED) is 0.257. The molecule has 2 N–H and O–H groups in total. The number of hydrogen-bond acceptors (Lipinski definition) is 10. The molecule has 4 aliphatic rings. The highest BCUT2D eigenvalue weighted by atomic mass is 32.1. The first-order chi connectivity index (χ1) is 26.5. The van der Waals surface area contributed by atoms with E-state index in [1.165, 1.54) is 6.07 Å². The van der Waals surface area contributed by atoms with Gasteiger partial charge in [0.2, 0.25) is 17.7 Å². The van der Waals surface area contributed by atoms with Crippen molar-refractivity contribution >= 4 is 52.3 Å². The van der Waals surface area contributed by atoms with E-state index in [0.29, 0.717) is 38.0 Å². The van der Waals surface area contributed by atoms with Crippen molar-refractivity contribution in [3.05, 3.63) is 53.3 Å². The number of piperazine rings is 1. The van der Waals surface area contributed by atoms with Gasteiger partial charge in [-0.05, 0) is 95.8 Å². The van der Waals surface area contributed by atoms with Gasteiger partial charge in [-0.25, -0.2) is 4.98 Å². The summed E-state index contributed by atoms with van der Waals surface area (Å²) in [4.78, 5) is 61.4. The molecule has 3 aliphatic heterocycles. The largest absolute Gasteiger partial charge is 0.419 e. The second kappa shape index (κ2) is 16.5. The number of halogens is 3. The molecule has 0 spiro atoms. The zero-order chi connectivity index (χ0) is 40.5. The lowest BCUT2D eigenvalue weighted by atomic mass is 9.89. The minimum Gasteiger partial charge on any atom is -0.377 e. The van der Waals surface area contributed by atoms with Gasteiger partial charge in [0.05, 0.1) is 42.6 Å². The van der Waals surface area contributed by atoms with Crippen LogP contribution in [0.4, 0.5) is 24.5 Å². The Morgan fingerprint density at radius 3 is 2.34 bits per heavy atom. The summed E-state index contributed by atoms with van der Waals surface area (Å²) in [7, 11) is 0. The van der Waals surface area contributed by atoms with Gasteiger partial charge in [0.25, 0.3) is 5.91 Å². The van der Waals surface area contributed by atoms with E-state index in [0.717, 1.165) is 55.2 Å². The maximum Gasteiger partial charge on any atom is 0.419 e. The lowest BCUT2D eigenvalue weighted by molar-refractivity contribution is -0.138. The topological polar surface area (TPSA) is 151 Å². The zero-order valence-electron chi connectivity index (χ0n) is 31.9. The first kappa shape index (κ1) is 41.1. The van der Waals surface area contributed by atoms with E-state index < -0.39 is 28.9 Å². The number of imide groups is 1. The number of ether oxygens (including phenoxy) is 1. The minimum absolute atomic E-state index is 0.0207. The Hall–Kier alpha value is -4.50. The lowest BCUT2D eigenvalue weighted by Crippen LogP contribution is -2.58. The van der Waals surface area contributed by atoms with E-state index in [9.17, 15) is 32.3 Å². The van der Waals surface area contributed by atoms with Crippen LogP contribution in [0.5, 0.6) is 0 Å². The predicted molar refractivity (Wildman–Crippen MR) is 204 cm³/mol. The zero-order valence-corrected chi connectivity index (χ0v) is 32.7. The van der Waals surface area contributed by atoms with Crippen molar-refractivity contribution in [2.24, 2.45) is 0 Å². The molecule has 13 nitrogen and oxygen atoms in total. The average Bonchev–Trinajstić information content (AvgIpc) is 3.32. The summed E-state index contributed by atoms with van der Waals surface area (Å²) in [5, 5.41) is 14.6. The van der Waals surface area contributed by atoms with Crippen LogP contribution in [0.25, 0.3) is 0 Å². The van der Waals surface area contributed by atoms with Crippen LogP contribution < -0.4 is 15.5 Å². The number of rotatable bonds is 10. The SMILES string of the molecule is C[C@@H]1CN(CCO[C@H]2CC[C@H](N3C(=S)N(c4cnc(C#N)c(C(F)(F)F)c4)C(=O)C3(C)C)CC2)C[C@H](C)N1CC(=O)Nc1ccc(C2CCC(=O)NC2=O)cc1. The molecule has 1 aromatic heterocycles. The highest BCUT2D eigenvalue weighted by molar-refractivity contribution is 7.80. The smallest absolute Gasteiger partial charge is 0.377 e.